The predicted octanol–water partition coefficient (Wildman–Crippen LogP) is 5.80. The number of hydrogen-bond acceptors (Lipinski definition) is 3. The first-order valence-corrected chi connectivity index (χ1v) is 8.44. The number of nitrogens with zero attached hydrogens (tertiary/aromatic N) is 1. The van der Waals surface area contributed by atoms with Gasteiger partial charge in [-0.25, -0.2) is 0 Å². The molecule has 2 aromatic carbocycles. The van der Waals surface area contributed by atoms with E-state index in [1.807, 2.05) is 12.1 Å². The minimum absolute atomic E-state index is 0. The first-order chi connectivity index (χ1) is 12.4. The van der Waals surface area contributed by atoms with Crippen molar-refractivity contribution in [3.63, 3.8) is 0 Å². The highest BCUT2D eigenvalue weighted by Gasteiger charge is 2.03. The number of halogens is 2. The molecule has 0 aliphatic rings. The van der Waals surface area contributed by atoms with Crippen LogP contribution in [0.2, 0.25) is 0 Å². The minimum Gasteiger partial charge on any atom is -0.385 e. The molecule has 0 aliphatic heterocycles. The van der Waals surface area contributed by atoms with Crippen LogP contribution < -0.4 is 10.6 Å². The lowest BCUT2D eigenvalue weighted by molar-refractivity contribution is 1.03. The molecule has 0 amide bonds. The van der Waals surface area contributed by atoms with Crippen LogP contribution in [0.15, 0.2) is 79.3 Å². The number of fused-ring (bicyclic) bond motifs is 1. The highest BCUT2D eigenvalue weighted by molar-refractivity contribution is 5.85. The first-order valence-electron chi connectivity index (χ1n) is 8.44. The molecule has 4 rings (SSSR count). The molecular formula is C21H22Cl2N4. The Bertz CT molecular complexity index is 970. The van der Waals surface area contributed by atoms with Gasteiger partial charge in [-0.05, 0) is 48.4 Å². The van der Waals surface area contributed by atoms with Crippen LogP contribution in [0.1, 0.15) is 5.56 Å². The molecule has 4 nitrogen and oxygen atoms in total. The number of anilines is 3. The molecule has 0 aliphatic carbocycles. The third-order valence-electron chi connectivity index (χ3n) is 4.23. The van der Waals surface area contributed by atoms with Gasteiger partial charge >= 0.3 is 0 Å². The van der Waals surface area contributed by atoms with Gasteiger partial charge in [0.15, 0.2) is 0 Å². The summed E-state index contributed by atoms with van der Waals surface area (Å²) >= 11 is 0. The maximum atomic E-state index is 4.04. The van der Waals surface area contributed by atoms with Gasteiger partial charge in [0.05, 0.1) is 0 Å². The van der Waals surface area contributed by atoms with Crippen LogP contribution in [0.4, 0.5) is 17.1 Å². The lowest BCUT2D eigenvalue weighted by Crippen LogP contribution is -2.04. The van der Waals surface area contributed by atoms with E-state index in [1.54, 1.807) is 12.4 Å². The molecule has 0 saturated heterocycles. The number of aromatic nitrogens is 2. The predicted molar refractivity (Wildman–Crippen MR) is 119 cm³/mol. The largest absolute Gasteiger partial charge is 0.385 e. The Labute approximate surface area is 171 Å². The standard InChI is InChI=1S/C21H20N4.2ClH/c1-2-7-21-20(6-1)16(15-24-21)8-13-23-18-4-3-5-19(14-18)25-17-9-11-22-12-10-17;;/h1-7,9-12,14-15,23-24H,8,13H2,(H,22,25);2*1H. The van der Waals surface area contributed by atoms with Crippen LogP contribution in [0.5, 0.6) is 0 Å². The molecular weight excluding hydrogens is 379 g/mol. The number of para-hydroxylation sites is 1. The van der Waals surface area contributed by atoms with Crippen LogP contribution in [0, 0.1) is 0 Å². The molecule has 0 bridgehead atoms. The minimum atomic E-state index is 0. The van der Waals surface area contributed by atoms with Crippen molar-refractivity contribution in [1.29, 1.82) is 0 Å². The summed E-state index contributed by atoms with van der Waals surface area (Å²) in [5.74, 6) is 0. The number of nitrogens with one attached hydrogen (secondary N) is 3. The fraction of sp³-hybridized carbons (Fsp3) is 0.0952. The zero-order chi connectivity index (χ0) is 16.9. The van der Waals surface area contributed by atoms with Crippen molar-refractivity contribution in [2.45, 2.75) is 6.42 Å². The number of H-pyrrole nitrogens is 1. The Morgan fingerprint density at radius 2 is 1.59 bits per heavy atom. The second-order valence-electron chi connectivity index (χ2n) is 5.98. The van der Waals surface area contributed by atoms with E-state index in [9.17, 15) is 0 Å². The van der Waals surface area contributed by atoms with Crippen molar-refractivity contribution >= 4 is 52.8 Å². The molecule has 3 N–H and O–H groups in total. The summed E-state index contributed by atoms with van der Waals surface area (Å²) in [6.45, 7) is 0.889. The summed E-state index contributed by atoms with van der Waals surface area (Å²) < 4.78 is 0. The van der Waals surface area contributed by atoms with Crippen LogP contribution in [0.25, 0.3) is 10.9 Å². The van der Waals surface area contributed by atoms with Gasteiger partial charge < -0.3 is 15.6 Å². The molecule has 6 heteroatoms. The summed E-state index contributed by atoms with van der Waals surface area (Å²) in [6, 6.07) is 20.7. The van der Waals surface area contributed by atoms with E-state index in [-0.39, 0.29) is 24.8 Å². The van der Waals surface area contributed by atoms with Crippen molar-refractivity contribution in [1.82, 2.24) is 9.97 Å². The van der Waals surface area contributed by atoms with Gasteiger partial charge in [-0.1, -0.05) is 24.3 Å². The van der Waals surface area contributed by atoms with E-state index >= 15 is 0 Å². The third-order valence-corrected chi connectivity index (χ3v) is 4.23. The van der Waals surface area contributed by atoms with Gasteiger partial charge in [-0.3, -0.25) is 4.98 Å². The van der Waals surface area contributed by atoms with Gasteiger partial charge in [0, 0.05) is 53.1 Å². The Morgan fingerprint density at radius 3 is 2.44 bits per heavy atom. The third kappa shape index (κ3) is 5.16. The molecule has 0 spiro atoms. The highest BCUT2D eigenvalue weighted by Crippen LogP contribution is 2.21. The number of hydrogen-bond donors (Lipinski definition) is 3. The Kier molecular flexibility index (Phi) is 7.53. The van der Waals surface area contributed by atoms with E-state index in [0.29, 0.717) is 0 Å². The lowest BCUT2D eigenvalue weighted by Gasteiger charge is -2.10. The Hall–Kier alpha value is -2.69. The van der Waals surface area contributed by atoms with Crippen molar-refractivity contribution in [3.8, 4) is 0 Å². The van der Waals surface area contributed by atoms with Crippen molar-refractivity contribution in [2.75, 3.05) is 17.2 Å². The molecule has 2 heterocycles. The average molecular weight is 401 g/mol. The quantitative estimate of drug-likeness (QED) is 0.383. The maximum Gasteiger partial charge on any atom is 0.0456 e. The zero-order valence-corrected chi connectivity index (χ0v) is 16.3. The Balaban J connectivity index is 0.00000131. The molecule has 2 aromatic heterocycles. The molecule has 0 saturated carbocycles. The smallest absolute Gasteiger partial charge is 0.0456 e. The second kappa shape index (κ2) is 9.86. The fourth-order valence-corrected chi connectivity index (χ4v) is 2.99. The summed E-state index contributed by atoms with van der Waals surface area (Å²) in [4.78, 5) is 7.37. The summed E-state index contributed by atoms with van der Waals surface area (Å²) in [6.07, 6.45) is 6.65. The maximum absolute atomic E-state index is 4.04. The van der Waals surface area contributed by atoms with E-state index in [4.69, 9.17) is 0 Å². The number of benzene rings is 2. The van der Waals surface area contributed by atoms with Crippen LogP contribution in [-0.4, -0.2) is 16.5 Å². The van der Waals surface area contributed by atoms with Gasteiger partial charge in [-0.15, -0.1) is 24.8 Å². The number of rotatable bonds is 6. The van der Waals surface area contributed by atoms with E-state index in [2.05, 4.69) is 75.3 Å². The molecule has 27 heavy (non-hydrogen) atoms. The fourth-order valence-electron chi connectivity index (χ4n) is 2.99. The number of pyridine rings is 1. The average Bonchev–Trinajstić information content (AvgIpc) is 3.06. The normalized spacial score (nSPS) is 9.93. The topological polar surface area (TPSA) is 52.7 Å². The van der Waals surface area contributed by atoms with Crippen molar-refractivity contribution in [2.24, 2.45) is 0 Å². The number of aromatic amines is 1. The second-order valence-corrected chi connectivity index (χ2v) is 5.98. The van der Waals surface area contributed by atoms with Gasteiger partial charge in [-0.2, -0.15) is 0 Å². The molecule has 0 radical (unpaired) electrons. The molecule has 140 valence electrons. The lowest BCUT2D eigenvalue weighted by atomic mass is 10.1. The summed E-state index contributed by atoms with van der Waals surface area (Å²) in [7, 11) is 0. The molecule has 0 fully saturated rings. The first kappa shape index (κ1) is 20.6. The summed E-state index contributed by atoms with van der Waals surface area (Å²) in [5, 5.41) is 8.20. The molecule has 4 aromatic rings. The van der Waals surface area contributed by atoms with Crippen LogP contribution >= 0.6 is 24.8 Å². The van der Waals surface area contributed by atoms with Gasteiger partial charge in [0.25, 0.3) is 0 Å². The van der Waals surface area contributed by atoms with Crippen molar-refractivity contribution in [3.05, 3.63) is 84.8 Å². The van der Waals surface area contributed by atoms with E-state index in [0.717, 1.165) is 30.0 Å². The van der Waals surface area contributed by atoms with Crippen LogP contribution in [-0.2, 0) is 6.42 Å². The zero-order valence-electron chi connectivity index (χ0n) is 14.7. The summed E-state index contributed by atoms with van der Waals surface area (Å²) in [5.41, 5.74) is 5.74. The SMILES string of the molecule is Cl.Cl.c1cc(NCCc2c[nH]c3ccccc23)cc(Nc2ccncc2)c1. The van der Waals surface area contributed by atoms with E-state index < -0.39 is 0 Å². The molecule has 0 atom stereocenters. The highest BCUT2D eigenvalue weighted by atomic mass is 35.5. The molecule has 0 unspecified atom stereocenters. The van der Waals surface area contributed by atoms with Gasteiger partial charge in [0.2, 0.25) is 0 Å². The van der Waals surface area contributed by atoms with Gasteiger partial charge in [0.1, 0.15) is 0 Å². The van der Waals surface area contributed by atoms with E-state index in [1.165, 1.54) is 16.5 Å². The van der Waals surface area contributed by atoms with Crippen LogP contribution in [0.3, 0.4) is 0 Å². The van der Waals surface area contributed by atoms with Crippen molar-refractivity contribution < 1.29 is 0 Å². The monoisotopic (exact) mass is 400 g/mol. The Morgan fingerprint density at radius 1 is 0.815 bits per heavy atom.